The van der Waals surface area contributed by atoms with E-state index in [1.807, 2.05) is 92.7 Å². The number of nitrogens with one attached hydrogen (secondary N) is 1. The maximum atomic E-state index is 14.0. The number of benzene rings is 3. The number of ether oxygens (including phenoxy) is 3. The van der Waals surface area contributed by atoms with E-state index in [1.54, 1.807) is 18.6 Å². The molecule has 0 bridgehead atoms. The molecular weight excluding hydrogens is 538 g/mol. The highest BCUT2D eigenvalue weighted by Crippen LogP contribution is 2.32. The molecule has 4 aromatic rings. The molecule has 0 saturated carbocycles. The average molecular weight is 570 g/mol. The number of amides is 1. The molecule has 5 rings (SSSR count). The monoisotopic (exact) mass is 569 g/mol. The molecule has 1 aliphatic rings. The van der Waals surface area contributed by atoms with Crippen LogP contribution in [0, 0.1) is 0 Å². The minimum absolute atomic E-state index is 0.237. The predicted molar refractivity (Wildman–Crippen MR) is 161 cm³/mol. The number of hydrogen-bond donors (Lipinski definition) is 1. The number of rotatable bonds is 9. The van der Waals surface area contributed by atoms with E-state index in [-0.39, 0.29) is 11.5 Å². The van der Waals surface area contributed by atoms with Crippen LogP contribution in [-0.2, 0) is 4.79 Å². The van der Waals surface area contributed by atoms with E-state index < -0.39 is 6.04 Å². The molecule has 1 atom stereocenters. The molecule has 41 heavy (non-hydrogen) atoms. The highest BCUT2D eigenvalue weighted by atomic mass is 32.1. The first-order chi connectivity index (χ1) is 19.9. The largest absolute Gasteiger partial charge is 0.497 e. The van der Waals surface area contributed by atoms with E-state index in [0.717, 1.165) is 11.1 Å². The van der Waals surface area contributed by atoms with Crippen molar-refractivity contribution in [3.63, 3.8) is 0 Å². The smallest absolute Gasteiger partial charge is 0.271 e. The quantitative estimate of drug-likeness (QED) is 0.316. The van der Waals surface area contributed by atoms with Gasteiger partial charge in [-0.25, -0.2) is 4.99 Å². The van der Waals surface area contributed by atoms with Gasteiger partial charge in [-0.05, 0) is 74.4 Å². The number of carbonyl (C=O) groups is 1. The lowest BCUT2D eigenvalue weighted by Crippen LogP contribution is -2.40. The summed E-state index contributed by atoms with van der Waals surface area (Å²) in [6.07, 6.45) is 1.82. The third-order valence-corrected chi connectivity index (χ3v) is 7.58. The molecule has 8 nitrogen and oxygen atoms in total. The minimum Gasteiger partial charge on any atom is -0.497 e. The van der Waals surface area contributed by atoms with Crippen molar-refractivity contribution in [2.45, 2.75) is 26.8 Å². The molecule has 1 N–H and O–H groups in total. The van der Waals surface area contributed by atoms with Gasteiger partial charge in [0.2, 0.25) is 0 Å². The second-order valence-electron chi connectivity index (χ2n) is 9.25. The van der Waals surface area contributed by atoms with Gasteiger partial charge in [0.1, 0.15) is 5.75 Å². The first-order valence-electron chi connectivity index (χ1n) is 13.4. The number of thiazole rings is 1. The van der Waals surface area contributed by atoms with Crippen LogP contribution in [0.4, 0.5) is 5.69 Å². The van der Waals surface area contributed by atoms with Crippen LogP contribution in [0.15, 0.2) is 93.9 Å². The highest BCUT2D eigenvalue weighted by Gasteiger charge is 2.32. The van der Waals surface area contributed by atoms with Crippen molar-refractivity contribution in [1.82, 2.24) is 4.57 Å². The number of methoxy groups -OCH3 is 1. The average Bonchev–Trinajstić information content (AvgIpc) is 3.28. The summed E-state index contributed by atoms with van der Waals surface area (Å²) in [5, 5.41) is 2.97. The summed E-state index contributed by atoms with van der Waals surface area (Å²) in [7, 11) is 1.60. The van der Waals surface area contributed by atoms with Gasteiger partial charge in [0.25, 0.3) is 11.5 Å². The van der Waals surface area contributed by atoms with Crippen LogP contribution in [0.3, 0.4) is 0 Å². The van der Waals surface area contributed by atoms with Gasteiger partial charge < -0.3 is 19.5 Å². The lowest BCUT2D eigenvalue weighted by molar-refractivity contribution is -0.113. The number of carbonyl (C=O) groups excluding carboxylic acids is 1. The summed E-state index contributed by atoms with van der Waals surface area (Å²) < 4.78 is 18.9. The Morgan fingerprint density at radius 2 is 1.71 bits per heavy atom. The molecule has 210 valence electrons. The van der Waals surface area contributed by atoms with Gasteiger partial charge in [0.15, 0.2) is 16.3 Å². The highest BCUT2D eigenvalue weighted by molar-refractivity contribution is 7.07. The van der Waals surface area contributed by atoms with Crippen molar-refractivity contribution in [3.05, 3.63) is 115 Å². The minimum atomic E-state index is -0.678. The van der Waals surface area contributed by atoms with Crippen molar-refractivity contribution in [2.24, 2.45) is 4.99 Å². The first kappa shape index (κ1) is 27.9. The second-order valence-corrected chi connectivity index (χ2v) is 10.3. The molecule has 0 unspecified atom stereocenters. The summed E-state index contributed by atoms with van der Waals surface area (Å²) in [4.78, 5) is 32.9. The second kappa shape index (κ2) is 12.3. The first-order valence-corrected chi connectivity index (χ1v) is 14.2. The Morgan fingerprint density at radius 3 is 2.39 bits per heavy atom. The molecule has 1 amide bonds. The lowest BCUT2D eigenvalue weighted by Gasteiger charge is -2.25. The van der Waals surface area contributed by atoms with Crippen molar-refractivity contribution in [1.29, 1.82) is 0 Å². The van der Waals surface area contributed by atoms with Gasteiger partial charge in [0, 0.05) is 5.69 Å². The Labute approximate surface area is 241 Å². The van der Waals surface area contributed by atoms with Crippen molar-refractivity contribution < 1.29 is 19.0 Å². The van der Waals surface area contributed by atoms with E-state index >= 15 is 0 Å². The van der Waals surface area contributed by atoms with Gasteiger partial charge in [0.05, 0.1) is 42.2 Å². The summed E-state index contributed by atoms with van der Waals surface area (Å²) in [5.74, 6) is 1.62. The summed E-state index contributed by atoms with van der Waals surface area (Å²) in [6, 6.07) is 21.5. The van der Waals surface area contributed by atoms with E-state index in [9.17, 15) is 9.59 Å². The Bertz CT molecular complexity index is 1770. The SMILES string of the molecule is CCOc1ccc(/C=c2/sc3n(c2=O)[C@H](c2ccc(OC)cc2)C(C(=O)Nc2ccccc2)=C(C)N=3)cc1OCC. The van der Waals surface area contributed by atoms with Crippen LogP contribution in [0.2, 0.25) is 0 Å². The Balaban J connectivity index is 1.63. The topological polar surface area (TPSA) is 91.2 Å². The molecule has 9 heteroatoms. The zero-order valence-electron chi connectivity index (χ0n) is 23.3. The van der Waals surface area contributed by atoms with E-state index in [4.69, 9.17) is 19.2 Å². The number of para-hydroxylation sites is 1. The van der Waals surface area contributed by atoms with Gasteiger partial charge in [-0.1, -0.05) is 47.7 Å². The molecule has 0 aliphatic carbocycles. The normalized spacial score (nSPS) is 14.7. The molecule has 0 fully saturated rings. The number of allylic oxidation sites excluding steroid dienone is 1. The van der Waals surface area contributed by atoms with E-state index in [0.29, 0.717) is 56.8 Å². The van der Waals surface area contributed by atoms with Crippen LogP contribution in [0.1, 0.15) is 37.9 Å². The fraction of sp³-hybridized carbons (Fsp3) is 0.219. The maximum absolute atomic E-state index is 14.0. The predicted octanol–water partition coefficient (Wildman–Crippen LogP) is 4.68. The fourth-order valence-electron chi connectivity index (χ4n) is 4.74. The molecule has 0 radical (unpaired) electrons. The van der Waals surface area contributed by atoms with Gasteiger partial charge in [-0.2, -0.15) is 0 Å². The van der Waals surface area contributed by atoms with Crippen LogP contribution < -0.4 is 34.4 Å². The maximum Gasteiger partial charge on any atom is 0.271 e. The van der Waals surface area contributed by atoms with Crippen LogP contribution in [0.5, 0.6) is 17.2 Å². The number of nitrogens with zero attached hydrogens (tertiary/aromatic N) is 2. The van der Waals surface area contributed by atoms with Crippen molar-refractivity contribution >= 4 is 29.0 Å². The van der Waals surface area contributed by atoms with Crippen molar-refractivity contribution in [3.8, 4) is 17.2 Å². The number of anilines is 1. The van der Waals surface area contributed by atoms with Crippen LogP contribution >= 0.6 is 11.3 Å². The molecule has 1 aliphatic heterocycles. The van der Waals surface area contributed by atoms with E-state index in [2.05, 4.69) is 5.32 Å². The zero-order valence-corrected chi connectivity index (χ0v) is 24.2. The number of aromatic nitrogens is 1. The molecule has 1 aromatic heterocycles. The standard InChI is InChI=1S/C32H31N3O5S/c1-5-39-25-17-12-21(18-26(25)40-6-2)19-27-31(37)35-29(22-13-15-24(38-4)16-14-22)28(20(3)33-32(35)41-27)30(36)34-23-10-8-7-9-11-23/h7-19,29H,5-6H2,1-4H3,(H,34,36)/b27-19+/t29-/m1/s1. The number of hydrogen-bond acceptors (Lipinski definition) is 7. The number of fused-ring (bicyclic) bond motifs is 1. The van der Waals surface area contributed by atoms with Crippen LogP contribution in [-0.4, -0.2) is 30.8 Å². The zero-order chi connectivity index (χ0) is 28.9. The van der Waals surface area contributed by atoms with Gasteiger partial charge in [-0.3, -0.25) is 14.2 Å². The Hall–Kier alpha value is -4.63. The summed E-state index contributed by atoms with van der Waals surface area (Å²) in [6.45, 7) is 6.63. The van der Waals surface area contributed by atoms with Crippen LogP contribution in [0.25, 0.3) is 6.08 Å². The molecule has 0 saturated heterocycles. The van der Waals surface area contributed by atoms with Gasteiger partial charge in [-0.15, -0.1) is 0 Å². The van der Waals surface area contributed by atoms with Gasteiger partial charge >= 0.3 is 0 Å². The van der Waals surface area contributed by atoms with Crippen molar-refractivity contribution in [2.75, 3.05) is 25.6 Å². The molecule has 0 spiro atoms. The lowest BCUT2D eigenvalue weighted by atomic mass is 9.95. The summed E-state index contributed by atoms with van der Waals surface area (Å²) in [5.41, 5.74) is 2.93. The molecule has 2 heterocycles. The fourth-order valence-corrected chi connectivity index (χ4v) is 5.79. The Morgan fingerprint density at radius 1 is 1.00 bits per heavy atom. The summed E-state index contributed by atoms with van der Waals surface area (Å²) >= 11 is 1.28. The Kier molecular flexibility index (Phi) is 8.35. The third-order valence-electron chi connectivity index (χ3n) is 6.59. The molecular formula is C32H31N3O5S. The van der Waals surface area contributed by atoms with E-state index in [1.165, 1.54) is 11.3 Å². The third kappa shape index (κ3) is 5.81. The molecule has 3 aromatic carbocycles.